The largest absolute Gasteiger partial charge is 0.466 e. The molecular formula is C11H9BrFNO2. The molecule has 0 fully saturated rings. The van der Waals surface area contributed by atoms with E-state index < -0.39 is 11.8 Å². The molecule has 1 aromatic rings. The molecule has 0 bridgehead atoms. The van der Waals surface area contributed by atoms with Crippen molar-refractivity contribution in [2.75, 3.05) is 6.61 Å². The van der Waals surface area contributed by atoms with Crippen molar-refractivity contribution in [3.8, 4) is 6.07 Å². The number of hydrogen-bond donors (Lipinski definition) is 0. The van der Waals surface area contributed by atoms with Crippen LogP contribution in [0.2, 0.25) is 0 Å². The predicted molar refractivity (Wildman–Crippen MR) is 59.2 cm³/mol. The lowest BCUT2D eigenvalue weighted by Gasteiger charge is -2.06. The summed E-state index contributed by atoms with van der Waals surface area (Å²) in [6.45, 7) is 1.92. The summed E-state index contributed by atoms with van der Waals surface area (Å²) in [7, 11) is 0. The quantitative estimate of drug-likeness (QED) is 0.802. The molecule has 0 radical (unpaired) electrons. The first-order valence-corrected chi connectivity index (χ1v) is 5.42. The highest BCUT2D eigenvalue weighted by Gasteiger charge is 2.15. The molecule has 84 valence electrons. The topological polar surface area (TPSA) is 50.1 Å². The van der Waals surface area contributed by atoms with Crippen molar-refractivity contribution in [2.45, 2.75) is 13.3 Å². The zero-order chi connectivity index (χ0) is 12.1. The Bertz CT molecular complexity index is 454. The number of hydrogen-bond acceptors (Lipinski definition) is 3. The number of nitriles is 1. The Morgan fingerprint density at radius 2 is 2.31 bits per heavy atom. The Balaban J connectivity index is 3.04. The predicted octanol–water partition coefficient (Wildman–Crippen LogP) is 2.57. The number of benzene rings is 1. The van der Waals surface area contributed by atoms with Gasteiger partial charge in [0.15, 0.2) is 0 Å². The minimum atomic E-state index is -0.529. The summed E-state index contributed by atoms with van der Waals surface area (Å²) in [6, 6.07) is 4.42. The lowest BCUT2D eigenvalue weighted by Crippen LogP contribution is -2.09. The van der Waals surface area contributed by atoms with E-state index in [9.17, 15) is 9.18 Å². The van der Waals surface area contributed by atoms with E-state index in [1.807, 2.05) is 6.07 Å². The van der Waals surface area contributed by atoms with Gasteiger partial charge in [-0.1, -0.05) is 0 Å². The number of rotatable bonds is 3. The number of halogens is 2. The summed E-state index contributed by atoms with van der Waals surface area (Å²) in [5, 5.41) is 8.75. The van der Waals surface area contributed by atoms with E-state index in [-0.39, 0.29) is 18.6 Å². The maximum absolute atomic E-state index is 13.4. The van der Waals surface area contributed by atoms with Crippen LogP contribution in [0.1, 0.15) is 18.1 Å². The molecule has 1 rings (SSSR count). The molecular weight excluding hydrogens is 277 g/mol. The molecule has 0 aliphatic rings. The van der Waals surface area contributed by atoms with Gasteiger partial charge in [-0.05, 0) is 35.0 Å². The van der Waals surface area contributed by atoms with Crippen molar-refractivity contribution in [2.24, 2.45) is 0 Å². The average Bonchev–Trinajstić information content (AvgIpc) is 2.25. The van der Waals surface area contributed by atoms with Gasteiger partial charge < -0.3 is 4.74 Å². The number of carbonyl (C=O) groups excluding carboxylic acids is 1. The molecule has 3 nitrogen and oxygen atoms in total. The molecule has 0 aliphatic carbocycles. The molecule has 0 N–H and O–H groups in total. The summed E-state index contributed by atoms with van der Waals surface area (Å²) in [4.78, 5) is 11.2. The molecule has 0 saturated carbocycles. The van der Waals surface area contributed by atoms with E-state index in [0.717, 1.165) is 6.07 Å². The van der Waals surface area contributed by atoms with Crippen LogP contribution in [-0.2, 0) is 16.0 Å². The van der Waals surface area contributed by atoms with Crippen LogP contribution in [0, 0.1) is 17.1 Å². The van der Waals surface area contributed by atoms with Crippen molar-refractivity contribution in [3.63, 3.8) is 0 Å². The highest BCUT2D eigenvalue weighted by atomic mass is 79.9. The van der Waals surface area contributed by atoms with Crippen LogP contribution in [-0.4, -0.2) is 12.6 Å². The first kappa shape index (κ1) is 12.7. The molecule has 1 aromatic carbocycles. The number of carbonyl (C=O) groups is 1. The number of nitrogens with zero attached hydrogens (tertiary/aromatic N) is 1. The Hall–Kier alpha value is -1.41. The highest BCUT2D eigenvalue weighted by Crippen LogP contribution is 2.24. The normalized spacial score (nSPS) is 9.62. The second kappa shape index (κ2) is 5.61. The summed E-state index contributed by atoms with van der Waals surface area (Å²) < 4.78 is 18.4. The lowest BCUT2D eigenvalue weighted by atomic mass is 10.1. The summed E-state index contributed by atoms with van der Waals surface area (Å²) >= 11 is 3.10. The second-order valence-electron chi connectivity index (χ2n) is 2.98. The van der Waals surface area contributed by atoms with Gasteiger partial charge in [-0.3, -0.25) is 4.79 Å². The van der Waals surface area contributed by atoms with Crippen LogP contribution in [0.4, 0.5) is 4.39 Å². The van der Waals surface area contributed by atoms with Gasteiger partial charge in [-0.15, -0.1) is 0 Å². The third-order valence-electron chi connectivity index (χ3n) is 1.93. The first-order chi connectivity index (χ1) is 7.60. The summed E-state index contributed by atoms with van der Waals surface area (Å²) in [5.74, 6) is -1.05. The van der Waals surface area contributed by atoms with Crippen molar-refractivity contribution in [3.05, 3.63) is 33.5 Å². The summed E-state index contributed by atoms with van der Waals surface area (Å²) in [6.07, 6.45) is -0.185. The molecule has 0 saturated heterocycles. The molecule has 16 heavy (non-hydrogen) atoms. The van der Waals surface area contributed by atoms with Crippen molar-refractivity contribution in [1.82, 2.24) is 0 Å². The van der Waals surface area contributed by atoms with Crippen LogP contribution in [0.5, 0.6) is 0 Å². The monoisotopic (exact) mass is 285 g/mol. The third-order valence-corrected chi connectivity index (χ3v) is 2.84. The van der Waals surface area contributed by atoms with Gasteiger partial charge in [0.2, 0.25) is 0 Å². The SMILES string of the molecule is CCOC(=O)Cc1c(F)ccc(C#N)c1Br. The minimum absolute atomic E-state index is 0.150. The molecule has 0 aromatic heterocycles. The second-order valence-corrected chi connectivity index (χ2v) is 3.77. The van der Waals surface area contributed by atoms with E-state index in [4.69, 9.17) is 10.00 Å². The van der Waals surface area contributed by atoms with Crippen LogP contribution in [0.3, 0.4) is 0 Å². The van der Waals surface area contributed by atoms with Crippen LogP contribution in [0.15, 0.2) is 16.6 Å². The number of ether oxygens (including phenoxy) is 1. The van der Waals surface area contributed by atoms with Crippen LogP contribution >= 0.6 is 15.9 Å². The minimum Gasteiger partial charge on any atom is -0.466 e. The van der Waals surface area contributed by atoms with E-state index in [1.54, 1.807) is 6.92 Å². The molecule has 0 aliphatic heterocycles. The summed E-state index contributed by atoms with van der Waals surface area (Å²) in [5.41, 5.74) is 0.443. The van der Waals surface area contributed by atoms with Gasteiger partial charge in [0, 0.05) is 10.0 Å². The zero-order valence-corrected chi connectivity index (χ0v) is 10.2. The van der Waals surface area contributed by atoms with Gasteiger partial charge in [0.05, 0.1) is 18.6 Å². The van der Waals surface area contributed by atoms with Crippen molar-refractivity contribution >= 4 is 21.9 Å². The lowest BCUT2D eigenvalue weighted by molar-refractivity contribution is -0.142. The molecule has 0 unspecified atom stereocenters. The van der Waals surface area contributed by atoms with Crippen LogP contribution in [0.25, 0.3) is 0 Å². The Kier molecular flexibility index (Phi) is 4.44. The third kappa shape index (κ3) is 2.80. The fourth-order valence-corrected chi connectivity index (χ4v) is 1.75. The highest BCUT2D eigenvalue weighted by molar-refractivity contribution is 9.10. The molecule has 0 amide bonds. The Labute approximate surface area is 101 Å². The molecule has 0 heterocycles. The fourth-order valence-electron chi connectivity index (χ4n) is 1.20. The van der Waals surface area contributed by atoms with Gasteiger partial charge in [-0.2, -0.15) is 5.26 Å². The van der Waals surface area contributed by atoms with Gasteiger partial charge in [-0.25, -0.2) is 4.39 Å². The average molecular weight is 286 g/mol. The Morgan fingerprint density at radius 3 is 2.88 bits per heavy atom. The molecule has 0 atom stereocenters. The van der Waals surface area contributed by atoms with Crippen molar-refractivity contribution in [1.29, 1.82) is 5.26 Å². The van der Waals surface area contributed by atoms with E-state index in [2.05, 4.69) is 15.9 Å². The number of esters is 1. The Morgan fingerprint density at radius 1 is 1.62 bits per heavy atom. The van der Waals surface area contributed by atoms with Gasteiger partial charge in [0.25, 0.3) is 0 Å². The van der Waals surface area contributed by atoms with Gasteiger partial charge >= 0.3 is 5.97 Å². The molecule has 0 spiro atoms. The maximum Gasteiger partial charge on any atom is 0.310 e. The smallest absolute Gasteiger partial charge is 0.310 e. The maximum atomic E-state index is 13.4. The van der Waals surface area contributed by atoms with E-state index in [1.165, 1.54) is 6.07 Å². The molecule has 5 heteroatoms. The van der Waals surface area contributed by atoms with Gasteiger partial charge in [0.1, 0.15) is 11.9 Å². The van der Waals surface area contributed by atoms with E-state index >= 15 is 0 Å². The van der Waals surface area contributed by atoms with Crippen molar-refractivity contribution < 1.29 is 13.9 Å². The zero-order valence-electron chi connectivity index (χ0n) is 8.59. The standard InChI is InChI=1S/C11H9BrFNO2/c1-2-16-10(15)5-8-9(13)4-3-7(6-14)11(8)12/h3-4H,2,5H2,1H3. The fraction of sp³-hybridized carbons (Fsp3) is 0.273. The van der Waals surface area contributed by atoms with Crippen LogP contribution < -0.4 is 0 Å². The first-order valence-electron chi connectivity index (χ1n) is 4.62. The van der Waals surface area contributed by atoms with E-state index in [0.29, 0.717) is 10.0 Å².